The second-order valence-corrected chi connectivity index (χ2v) is 5.74. The summed E-state index contributed by atoms with van der Waals surface area (Å²) in [5, 5.41) is 12.5. The van der Waals surface area contributed by atoms with Gasteiger partial charge in [-0.2, -0.15) is 0 Å². The molecule has 0 aromatic carbocycles. The predicted octanol–water partition coefficient (Wildman–Crippen LogP) is 0.842. The van der Waals surface area contributed by atoms with Crippen LogP contribution in [0.4, 0.5) is 0 Å². The maximum atomic E-state index is 12.1. The summed E-state index contributed by atoms with van der Waals surface area (Å²) in [7, 11) is 0. The Kier molecular flexibility index (Phi) is 3.90. The molecule has 0 radical (unpaired) electrons. The molecule has 2 N–H and O–H groups in total. The summed E-state index contributed by atoms with van der Waals surface area (Å²) < 4.78 is 0. The molecule has 5 nitrogen and oxygen atoms in total. The first-order chi connectivity index (χ1) is 8.51. The number of aliphatic carboxylic acids is 1. The van der Waals surface area contributed by atoms with Crippen molar-refractivity contribution < 1.29 is 14.7 Å². The van der Waals surface area contributed by atoms with E-state index in [4.69, 9.17) is 5.11 Å². The van der Waals surface area contributed by atoms with E-state index in [2.05, 4.69) is 5.32 Å². The summed E-state index contributed by atoms with van der Waals surface area (Å²) in [5.74, 6) is -0.575. The van der Waals surface area contributed by atoms with Gasteiger partial charge in [0.2, 0.25) is 5.91 Å². The molecule has 2 fully saturated rings. The number of carbonyl (C=O) groups excluding carboxylic acids is 1. The summed E-state index contributed by atoms with van der Waals surface area (Å²) in [5.41, 5.74) is -0.650. The minimum Gasteiger partial charge on any atom is -0.481 e. The average Bonchev–Trinajstić information content (AvgIpc) is 2.82. The second kappa shape index (κ2) is 5.26. The van der Waals surface area contributed by atoms with Crippen molar-refractivity contribution in [3.8, 4) is 0 Å². The Balaban J connectivity index is 1.81. The van der Waals surface area contributed by atoms with Crippen molar-refractivity contribution in [2.75, 3.05) is 19.6 Å². The Morgan fingerprint density at radius 3 is 2.56 bits per heavy atom. The Labute approximate surface area is 108 Å². The fourth-order valence-electron chi connectivity index (χ4n) is 2.73. The molecule has 18 heavy (non-hydrogen) atoms. The summed E-state index contributed by atoms with van der Waals surface area (Å²) in [6.07, 6.45) is 3.91. The number of hydrogen-bond donors (Lipinski definition) is 2. The molecule has 0 aliphatic carbocycles. The molecule has 1 unspecified atom stereocenters. The van der Waals surface area contributed by atoms with Gasteiger partial charge in [-0.3, -0.25) is 9.59 Å². The number of carboxylic acid groups (broad SMARTS) is 1. The molecule has 2 aliphatic heterocycles. The Morgan fingerprint density at radius 2 is 2.06 bits per heavy atom. The molecule has 102 valence electrons. The van der Waals surface area contributed by atoms with Gasteiger partial charge >= 0.3 is 5.97 Å². The number of carboxylic acids is 1. The SMILES string of the molecule is CC1(C(=O)O)CCN(C(=O)CC2CCCN2)CC1. The van der Waals surface area contributed by atoms with Crippen molar-refractivity contribution in [3.63, 3.8) is 0 Å². The van der Waals surface area contributed by atoms with Crippen LogP contribution < -0.4 is 5.32 Å². The lowest BCUT2D eigenvalue weighted by atomic mass is 9.80. The van der Waals surface area contributed by atoms with Gasteiger partial charge in [-0.1, -0.05) is 0 Å². The molecule has 1 amide bonds. The van der Waals surface area contributed by atoms with Crippen molar-refractivity contribution in [2.24, 2.45) is 5.41 Å². The van der Waals surface area contributed by atoms with E-state index in [1.165, 1.54) is 0 Å². The second-order valence-electron chi connectivity index (χ2n) is 5.74. The van der Waals surface area contributed by atoms with Crippen LogP contribution in [0, 0.1) is 5.41 Å². The van der Waals surface area contributed by atoms with E-state index in [0.29, 0.717) is 38.4 Å². The molecule has 2 rings (SSSR count). The van der Waals surface area contributed by atoms with Crippen LogP contribution in [0.5, 0.6) is 0 Å². The highest BCUT2D eigenvalue weighted by molar-refractivity contribution is 5.78. The molecule has 0 spiro atoms. The summed E-state index contributed by atoms with van der Waals surface area (Å²) in [6.45, 7) is 3.94. The molecular formula is C13H22N2O3. The average molecular weight is 254 g/mol. The standard InChI is InChI=1S/C13H22N2O3/c1-13(12(17)18)4-7-15(8-5-13)11(16)9-10-3-2-6-14-10/h10,14H,2-9H2,1H3,(H,17,18). The Morgan fingerprint density at radius 1 is 1.39 bits per heavy atom. The first-order valence-corrected chi connectivity index (χ1v) is 6.76. The summed E-state index contributed by atoms with van der Waals surface area (Å²) in [4.78, 5) is 25.0. The number of nitrogens with one attached hydrogen (secondary N) is 1. The third-order valence-corrected chi connectivity index (χ3v) is 4.32. The highest BCUT2D eigenvalue weighted by Crippen LogP contribution is 2.31. The molecular weight excluding hydrogens is 232 g/mol. The maximum absolute atomic E-state index is 12.1. The molecule has 0 aromatic rings. The van der Waals surface area contributed by atoms with E-state index in [0.717, 1.165) is 19.4 Å². The zero-order chi connectivity index (χ0) is 13.2. The molecule has 2 aliphatic rings. The third-order valence-electron chi connectivity index (χ3n) is 4.32. The molecule has 0 aromatic heterocycles. The molecule has 0 bridgehead atoms. The predicted molar refractivity (Wildman–Crippen MR) is 67.2 cm³/mol. The van der Waals surface area contributed by atoms with Gasteiger partial charge in [0.15, 0.2) is 0 Å². The Hall–Kier alpha value is -1.10. The van der Waals surface area contributed by atoms with Crippen molar-refractivity contribution in [2.45, 2.75) is 45.1 Å². The first kappa shape index (κ1) is 13.3. The molecule has 2 heterocycles. The van der Waals surface area contributed by atoms with Crippen LogP contribution in [0.2, 0.25) is 0 Å². The van der Waals surface area contributed by atoms with Gasteiger partial charge in [0.25, 0.3) is 0 Å². The summed E-state index contributed by atoms with van der Waals surface area (Å²) in [6, 6.07) is 0.324. The van der Waals surface area contributed by atoms with E-state index in [1.807, 2.05) is 4.90 Å². The smallest absolute Gasteiger partial charge is 0.309 e. The molecule has 5 heteroatoms. The van der Waals surface area contributed by atoms with Gasteiger partial charge < -0.3 is 15.3 Å². The fraction of sp³-hybridized carbons (Fsp3) is 0.846. The van der Waals surface area contributed by atoms with Crippen molar-refractivity contribution in [3.05, 3.63) is 0 Å². The number of carbonyl (C=O) groups is 2. The lowest BCUT2D eigenvalue weighted by Crippen LogP contribution is -2.46. The third kappa shape index (κ3) is 2.83. The number of likely N-dealkylation sites (tertiary alicyclic amines) is 1. The van der Waals surface area contributed by atoms with Gasteiger partial charge in [-0.05, 0) is 39.2 Å². The summed E-state index contributed by atoms with van der Waals surface area (Å²) >= 11 is 0. The highest BCUT2D eigenvalue weighted by Gasteiger charge is 2.38. The molecule has 2 saturated heterocycles. The van der Waals surface area contributed by atoms with Crippen LogP contribution in [0.25, 0.3) is 0 Å². The van der Waals surface area contributed by atoms with Crippen LogP contribution >= 0.6 is 0 Å². The number of piperidine rings is 1. The zero-order valence-electron chi connectivity index (χ0n) is 10.9. The highest BCUT2D eigenvalue weighted by atomic mass is 16.4. The minimum absolute atomic E-state index is 0.168. The number of hydrogen-bond acceptors (Lipinski definition) is 3. The first-order valence-electron chi connectivity index (χ1n) is 6.76. The monoisotopic (exact) mass is 254 g/mol. The van der Waals surface area contributed by atoms with Crippen LogP contribution in [0.3, 0.4) is 0 Å². The largest absolute Gasteiger partial charge is 0.481 e. The van der Waals surface area contributed by atoms with Crippen molar-refractivity contribution in [1.82, 2.24) is 10.2 Å². The maximum Gasteiger partial charge on any atom is 0.309 e. The topological polar surface area (TPSA) is 69.6 Å². The van der Waals surface area contributed by atoms with Crippen LogP contribution in [-0.4, -0.2) is 47.6 Å². The number of rotatable bonds is 3. The van der Waals surface area contributed by atoms with E-state index in [-0.39, 0.29) is 5.91 Å². The lowest BCUT2D eigenvalue weighted by Gasteiger charge is -2.36. The minimum atomic E-state index is -0.743. The quantitative estimate of drug-likeness (QED) is 0.783. The normalized spacial score (nSPS) is 27.2. The van der Waals surface area contributed by atoms with Gasteiger partial charge in [0, 0.05) is 25.6 Å². The number of amides is 1. The molecule has 0 saturated carbocycles. The van der Waals surface area contributed by atoms with E-state index >= 15 is 0 Å². The van der Waals surface area contributed by atoms with E-state index in [9.17, 15) is 9.59 Å². The fourth-order valence-corrected chi connectivity index (χ4v) is 2.73. The van der Waals surface area contributed by atoms with Gasteiger partial charge in [-0.25, -0.2) is 0 Å². The lowest BCUT2D eigenvalue weighted by molar-refractivity contribution is -0.153. The van der Waals surface area contributed by atoms with Gasteiger partial charge in [0.1, 0.15) is 0 Å². The van der Waals surface area contributed by atoms with Gasteiger partial charge in [0.05, 0.1) is 5.41 Å². The molecule has 1 atom stereocenters. The number of nitrogens with zero attached hydrogens (tertiary/aromatic N) is 1. The van der Waals surface area contributed by atoms with Crippen molar-refractivity contribution in [1.29, 1.82) is 0 Å². The zero-order valence-corrected chi connectivity index (χ0v) is 10.9. The van der Waals surface area contributed by atoms with Crippen LogP contribution in [-0.2, 0) is 9.59 Å². The van der Waals surface area contributed by atoms with E-state index in [1.54, 1.807) is 6.92 Å². The van der Waals surface area contributed by atoms with Crippen molar-refractivity contribution >= 4 is 11.9 Å². The van der Waals surface area contributed by atoms with E-state index < -0.39 is 11.4 Å². The van der Waals surface area contributed by atoms with Crippen LogP contribution in [0.1, 0.15) is 39.0 Å². The van der Waals surface area contributed by atoms with Crippen LogP contribution in [0.15, 0.2) is 0 Å². The van der Waals surface area contributed by atoms with Gasteiger partial charge in [-0.15, -0.1) is 0 Å². The Bertz CT molecular complexity index is 329.